The number of carbonyl (C=O) groups is 1. The van der Waals surface area contributed by atoms with E-state index in [0.29, 0.717) is 34.8 Å². The third-order valence-electron chi connectivity index (χ3n) is 4.58. The van der Waals surface area contributed by atoms with Crippen molar-refractivity contribution in [2.45, 2.75) is 19.9 Å². The van der Waals surface area contributed by atoms with Gasteiger partial charge in [0.25, 0.3) is 10.2 Å². The average Bonchev–Trinajstić information content (AvgIpc) is 2.63. The van der Waals surface area contributed by atoms with Crippen LogP contribution in [0.5, 0.6) is 0 Å². The van der Waals surface area contributed by atoms with Crippen molar-refractivity contribution in [1.29, 1.82) is 0 Å². The first-order valence-corrected chi connectivity index (χ1v) is 10.6. The van der Waals surface area contributed by atoms with Crippen molar-refractivity contribution in [3.8, 4) is 0 Å². The minimum absolute atomic E-state index is 0.0611. The number of nitrogens with zero attached hydrogens (tertiary/aromatic N) is 2. The van der Waals surface area contributed by atoms with Gasteiger partial charge in [-0.15, -0.1) is 0 Å². The van der Waals surface area contributed by atoms with Crippen LogP contribution in [0.3, 0.4) is 0 Å². The van der Waals surface area contributed by atoms with E-state index in [1.807, 2.05) is 0 Å². The summed E-state index contributed by atoms with van der Waals surface area (Å²) >= 11 is 6.05. The van der Waals surface area contributed by atoms with Crippen molar-refractivity contribution in [3.05, 3.63) is 64.4 Å². The molecule has 1 saturated heterocycles. The molecule has 1 fully saturated rings. The quantitative estimate of drug-likeness (QED) is 0.799. The molecule has 1 aliphatic rings. The van der Waals surface area contributed by atoms with Crippen molar-refractivity contribution in [3.63, 3.8) is 0 Å². The van der Waals surface area contributed by atoms with E-state index in [-0.39, 0.29) is 19.6 Å². The highest BCUT2D eigenvalue weighted by atomic mass is 35.5. The topological polar surface area (TPSA) is 69.7 Å². The summed E-state index contributed by atoms with van der Waals surface area (Å²) in [5, 5.41) is 3.23. The van der Waals surface area contributed by atoms with Gasteiger partial charge in [-0.25, -0.2) is 4.39 Å². The van der Waals surface area contributed by atoms with E-state index < -0.39 is 21.9 Å². The number of anilines is 1. The Morgan fingerprint density at radius 3 is 2.64 bits per heavy atom. The van der Waals surface area contributed by atoms with Gasteiger partial charge in [0.1, 0.15) is 5.82 Å². The zero-order chi connectivity index (χ0) is 20.3. The molecule has 0 bridgehead atoms. The van der Waals surface area contributed by atoms with E-state index in [0.717, 1.165) is 4.31 Å². The summed E-state index contributed by atoms with van der Waals surface area (Å²) in [7, 11) is -3.82. The van der Waals surface area contributed by atoms with Crippen LogP contribution >= 0.6 is 11.6 Å². The lowest BCUT2D eigenvalue weighted by Crippen LogP contribution is -2.51. The Morgan fingerprint density at radius 1 is 1.18 bits per heavy atom. The van der Waals surface area contributed by atoms with E-state index in [2.05, 4.69) is 5.32 Å². The Kier molecular flexibility index (Phi) is 6.34. The fourth-order valence-electron chi connectivity index (χ4n) is 3.07. The third kappa shape index (κ3) is 4.70. The Morgan fingerprint density at radius 2 is 1.89 bits per heavy atom. The zero-order valence-electron chi connectivity index (χ0n) is 15.4. The number of nitrogens with one attached hydrogen (secondary N) is 1. The van der Waals surface area contributed by atoms with Gasteiger partial charge in [-0.2, -0.15) is 17.0 Å². The predicted octanol–water partition coefficient (Wildman–Crippen LogP) is 3.18. The minimum Gasteiger partial charge on any atom is -0.325 e. The van der Waals surface area contributed by atoms with Crippen molar-refractivity contribution < 1.29 is 17.6 Å². The molecule has 150 valence electrons. The van der Waals surface area contributed by atoms with Crippen LogP contribution in [0.15, 0.2) is 42.5 Å². The molecule has 1 N–H and O–H groups in total. The van der Waals surface area contributed by atoms with Crippen LogP contribution in [0.25, 0.3) is 0 Å². The van der Waals surface area contributed by atoms with Gasteiger partial charge in [-0.05, 0) is 48.7 Å². The molecule has 1 aliphatic heterocycles. The van der Waals surface area contributed by atoms with E-state index >= 15 is 0 Å². The van der Waals surface area contributed by atoms with Crippen molar-refractivity contribution in [2.24, 2.45) is 0 Å². The standard InChI is InChI=1S/C19H21ClFN3O3S/c1-14-17(20)7-3-8-18(14)22-19(25)13-24-10-4-9-23(28(24,26)27)12-15-5-2-6-16(21)11-15/h2-3,5-8,11H,4,9-10,12-13H2,1H3,(H,22,25). The maximum Gasteiger partial charge on any atom is 0.282 e. The van der Waals surface area contributed by atoms with Gasteiger partial charge in [-0.1, -0.05) is 29.8 Å². The van der Waals surface area contributed by atoms with Crippen molar-refractivity contribution >= 4 is 33.4 Å². The molecule has 28 heavy (non-hydrogen) atoms. The van der Waals surface area contributed by atoms with E-state index in [1.54, 1.807) is 37.3 Å². The molecule has 6 nitrogen and oxygen atoms in total. The molecule has 0 aliphatic carbocycles. The SMILES string of the molecule is Cc1c(Cl)cccc1NC(=O)CN1CCCN(Cc2cccc(F)c2)S1(=O)=O. The molecule has 2 aromatic carbocycles. The number of halogens is 2. The van der Waals surface area contributed by atoms with Crippen LogP contribution in [0.2, 0.25) is 5.02 Å². The molecule has 0 unspecified atom stereocenters. The normalized spacial score (nSPS) is 17.4. The van der Waals surface area contributed by atoms with Gasteiger partial charge in [0.15, 0.2) is 0 Å². The number of rotatable bonds is 5. The second kappa shape index (κ2) is 8.57. The van der Waals surface area contributed by atoms with Gasteiger partial charge < -0.3 is 5.32 Å². The van der Waals surface area contributed by atoms with E-state index in [4.69, 9.17) is 11.6 Å². The van der Waals surface area contributed by atoms with Gasteiger partial charge in [0.2, 0.25) is 5.91 Å². The molecule has 0 saturated carbocycles. The molecule has 0 radical (unpaired) electrons. The number of hydrogen-bond acceptors (Lipinski definition) is 3. The highest BCUT2D eigenvalue weighted by Gasteiger charge is 2.34. The molecule has 0 atom stereocenters. The lowest BCUT2D eigenvalue weighted by molar-refractivity contribution is -0.116. The number of benzene rings is 2. The van der Waals surface area contributed by atoms with Crippen molar-refractivity contribution in [2.75, 3.05) is 25.0 Å². The summed E-state index contributed by atoms with van der Waals surface area (Å²) in [6.07, 6.45) is 0.581. The molecule has 1 amide bonds. The lowest BCUT2D eigenvalue weighted by atomic mass is 10.2. The molecular formula is C19H21ClFN3O3S. The molecule has 0 aromatic heterocycles. The number of amides is 1. The molecule has 9 heteroatoms. The average molecular weight is 426 g/mol. The fourth-order valence-corrected chi connectivity index (χ4v) is 4.88. The van der Waals surface area contributed by atoms with Crippen LogP contribution in [0, 0.1) is 12.7 Å². The Bertz CT molecular complexity index is 984. The summed E-state index contributed by atoms with van der Waals surface area (Å²) in [4.78, 5) is 12.4. The predicted molar refractivity (Wildman–Crippen MR) is 107 cm³/mol. The molecule has 2 aromatic rings. The van der Waals surface area contributed by atoms with Crippen LogP contribution in [-0.2, 0) is 21.5 Å². The van der Waals surface area contributed by atoms with E-state index in [9.17, 15) is 17.6 Å². The van der Waals surface area contributed by atoms with Gasteiger partial charge in [0, 0.05) is 30.3 Å². The smallest absolute Gasteiger partial charge is 0.282 e. The van der Waals surface area contributed by atoms with Crippen LogP contribution in [0.1, 0.15) is 17.5 Å². The zero-order valence-corrected chi connectivity index (χ0v) is 16.9. The number of hydrogen-bond donors (Lipinski definition) is 1. The summed E-state index contributed by atoms with van der Waals surface area (Å²) in [5.41, 5.74) is 1.82. The summed E-state index contributed by atoms with van der Waals surface area (Å²) < 4.78 is 41.5. The summed E-state index contributed by atoms with van der Waals surface area (Å²) in [6, 6.07) is 11.0. The minimum atomic E-state index is -3.82. The third-order valence-corrected chi connectivity index (χ3v) is 6.92. The van der Waals surface area contributed by atoms with Crippen LogP contribution < -0.4 is 5.32 Å². The largest absolute Gasteiger partial charge is 0.325 e. The van der Waals surface area contributed by atoms with Gasteiger partial charge >= 0.3 is 0 Å². The Labute approximate surface area is 169 Å². The molecule has 0 spiro atoms. The maximum absolute atomic E-state index is 13.4. The first kappa shape index (κ1) is 20.7. The molecule has 1 heterocycles. The first-order chi connectivity index (χ1) is 13.3. The maximum atomic E-state index is 13.4. The highest BCUT2D eigenvalue weighted by molar-refractivity contribution is 7.86. The summed E-state index contributed by atoms with van der Waals surface area (Å²) in [6.45, 7) is 2.12. The van der Waals surface area contributed by atoms with Gasteiger partial charge in [-0.3, -0.25) is 4.79 Å². The van der Waals surface area contributed by atoms with Crippen LogP contribution in [-0.4, -0.2) is 42.6 Å². The highest BCUT2D eigenvalue weighted by Crippen LogP contribution is 2.24. The Hall–Kier alpha value is -2.00. The van der Waals surface area contributed by atoms with E-state index in [1.165, 1.54) is 16.4 Å². The lowest BCUT2D eigenvalue weighted by Gasteiger charge is -2.34. The second-order valence-electron chi connectivity index (χ2n) is 6.62. The molecular weight excluding hydrogens is 405 g/mol. The summed E-state index contributed by atoms with van der Waals surface area (Å²) in [5.74, 6) is -0.860. The first-order valence-electron chi connectivity index (χ1n) is 8.82. The monoisotopic (exact) mass is 425 g/mol. The molecule has 3 rings (SSSR count). The Balaban J connectivity index is 1.69. The van der Waals surface area contributed by atoms with Crippen molar-refractivity contribution in [1.82, 2.24) is 8.61 Å². The number of carbonyl (C=O) groups excluding carboxylic acids is 1. The second-order valence-corrected chi connectivity index (χ2v) is 8.95. The van der Waals surface area contributed by atoms with Crippen LogP contribution in [0.4, 0.5) is 10.1 Å². The van der Waals surface area contributed by atoms with Gasteiger partial charge in [0.05, 0.1) is 6.54 Å². The fraction of sp³-hybridized carbons (Fsp3) is 0.316.